The van der Waals surface area contributed by atoms with Gasteiger partial charge in [-0.25, -0.2) is 12.8 Å². The molecule has 0 radical (unpaired) electrons. The Bertz CT molecular complexity index is 856. The van der Waals surface area contributed by atoms with Crippen LogP contribution in [0.1, 0.15) is 31.7 Å². The van der Waals surface area contributed by atoms with Crippen molar-refractivity contribution in [1.82, 2.24) is 14.2 Å². The lowest BCUT2D eigenvalue weighted by Crippen LogP contribution is -2.39. The van der Waals surface area contributed by atoms with Crippen molar-refractivity contribution in [1.29, 1.82) is 0 Å². The fraction of sp³-hybridized carbons (Fsp3) is 0.556. The minimum absolute atomic E-state index is 0. The van der Waals surface area contributed by atoms with Crippen molar-refractivity contribution >= 4 is 33.3 Å². The van der Waals surface area contributed by atoms with E-state index in [1.165, 1.54) is 4.31 Å². The maximum Gasteiger partial charge on any atom is 0.243 e. The molecule has 2 fully saturated rings. The summed E-state index contributed by atoms with van der Waals surface area (Å²) >= 11 is 0. The summed E-state index contributed by atoms with van der Waals surface area (Å²) in [6.45, 7) is 2.49. The Labute approximate surface area is 160 Å². The van der Waals surface area contributed by atoms with Crippen LogP contribution in [0.15, 0.2) is 35.4 Å². The Balaban J connectivity index is 0.00000196. The number of halogens is 2. The summed E-state index contributed by atoms with van der Waals surface area (Å²) in [5.74, 6) is 0. The molecule has 2 aromatic rings. The number of nitrogens with one attached hydrogen (secondary N) is 1. The predicted molar refractivity (Wildman–Crippen MR) is 103 cm³/mol. The van der Waals surface area contributed by atoms with E-state index in [0.717, 1.165) is 36.8 Å². The molecule has 8 heteroatoms. The van der Waals surface area contributed by atoms with Gasteiger partial charge < -0.3 is 9.88 Å². The molecule has 144 valence electrons. The van der Waals surface area contributed by atoms with Gasteiger partial charge in [0.05, 0.1) is 4.90 Å². The minimum Gasteiger partial charge on any atom is -0.344 e. The second kappa shape index (κ2) is 7.84. The van der Waals surface area contributed by atoms with Gasteiger partial charge in [-0.15, -0.1) is 12.4 Å². The number of alkyl halides is 1. The molecule has 1 aromatic heterocycles. The van der Waals surface area contributed by atoms with Crippen LogP contribution < -0.4 is 5.32 Å². The van der Waals surface area contributed by atoms with Crippen LogP contribution in [0.5, 0.6) is 0 Å². The molecule has 2 aliphatic heterocycles. The van der Waals surface area contributed by atoms with E-state index in [9.17, 15) is 12.8 Å². The van der Waals surface area contributed by atoms with E-state index in [1.54, 1.807) is 12.1 Å². The Morgan fingerprint density at radius 2 is 1.73 bits per heavy atom. The molecule has 26 heavy (non-hydrogen) atoms. The molecule has 0 atom stereocenters. The molecule has 1 aromatic carbocycles. The first-order valence-electron chi connectivity index (χ1n) is 9.01. The number of aromatic nitrogens is 1. The van der Waals surface area contributed by atoms with Crippen LogP contribution in [-0.2, 0) is 10.0 Å². The highest BCUT2D eigenvalue weighted by Crippen LogP contribution is 2.29. The van der Waals surface area contributed by atoms with Crippen molar-refractivity contribution in [3.63, 3.8) is 0 Å². The highest BCUT2D eigenvalue weighted by atomic mass is 35.5. The smallest absolute Gasteiger partial charge is 0.243 e. The second-order valence-corrected chi connectivity index (χ2v) is 8.94. The van der Waals surface area contributed by atoms with Crippen LogP contribution in [0.2, 0.25) is 0 Å². The molecule has 5 nitrogen and oxygen atoms in total. The van der Waals surface area contributed by atoms with Crippen molar-refractivity contribution in [2.45, 2.75) is 42.8 Å². The average molecular weight is 402 g/mol. The topological polar surface area (TPSA) is 54.3 Å². The summed E-state index contributed by atoms with van der Waals surface area (Å²) in [7, 11) is -3.56. The zero-order valence-corrected chi connectivity index (χ0v) is 16.2. The summed E-state index contributed by atoms with van der Waals surface area (Å²) < 4.78 is 42.8. The van der Waals surface area contributed by atoms with Gasteiger partial charge in [-0.3, -0.25) is 0 Å². The van der Waals surface area contributed by atoms with E-state index in [-0.39, 0.29) is 38.3 Å². The summed E-state index contributed by atoms with van der Waals surface area (Å²) in [6.07, 6.45) is 3.84. The number of nitrogens with zero attached hydrogens (tertiary/aromatic N) is 2. The van der Waals surface area contributed by atoms with Crippen LogP contribution in [0, 0.1) is 0 Å². The van der Waals surface area contributed by atoms with E-state index >= 15 is 0 Å². The highest BCUT2D eigenvalue weighted by Gasteiger charge is 2.29. The molecule has 2 saturated heterocycles. The maximum atomic E-state index is 13.3. The standard InChI is InChI=1S/C18H24FN3O2S.ClH/c19-15-6-10-21(11-7-15)25(23,24)17-2-1-14-5-12-22(18(14)13-17)16-3-8-20-9-4-16;/h1-2,5,12-13,15-16,20H,3-4,6-11H2;1H. The molecule has 0 spiro atoms. The highest BCUT2D eigenvalue weighted by molar-refractivity contribution is 7.89. The predicted octanol–water partition coefficient (Wildman–Crippen LogP) is 3.11. The number of rotatable bonds is 3. The summed E-state index contributed by atoms with van der Waals surface area (Å²) in [6, 6.07) is 7.78. The third-order valence-electron chi connectivity index (χ3n) is 5.42. The van der Waals surface area contributed by atoms with E-state index in [0.29, 0.717) is 10.9 Å². The molecule has 0 aliphatic carbocycles. The van der Waals surface area contributed by atoms with E-state index < -0.39 is 16.2 Å². The number of fused-ring (bicyclic) bond motifs is 1. The minimum atomic E-state index is -3.56. The van der Waals surface area contributed by atoms with Crippen LogP contribution in [-0.4, -0.2) is 49.6 Å². The van der Waals surface area contributed by atoms with Crippen molar-refractivity contribution in [3.8, 4) is 0 Å². The zero-order chi connectivity index (χ0) is 17.4. The first-order chi connectivity index (χ1) is 12.1. The Morgan fingerprint density at radius 1 is 1.04 bits per heavy atom. The molecule has 0 bridgehead atoms. The van der Waals surface area contributed by atoms with Crippen LogP contribution >= 0.6 is 12.4 Å². The molecule has 1 N–H and O–H groups in total. The Morgan fingerprint density at radius 3 is 2.42 bits per heavy atom. The van der Waals surface area contributed by atoms with Gasteiger partial charge in [-0.05, 0) is 62.4 Å². The lowest BCUT2D eigenvalue weighted by atomic mass is 10.1. The second-order valence-electron chi connectivity index (χ2n) is 7.00. The number of benzene rings is 1. The Kier molecular flexibility index (Phi) is 5.91. The molecular weight excluding hydrogens is 377 g/mol. The lowest BCUT2D eigenvalue weighted by molar-refractivity contribution is 0.210. The summed E-state index contributed by atoms with van der Waals surface area (Å²) in [5.41, 5.74) is 0.966. The fourth-order valence-electron chi connectivity index (χ4n) is 3.91. The van der Waals surface area contributed by atoms with Gasteiger partial charge in [0, 0.05) is 30.8 Å². The van der Waals surface area contributed by atoms with Gasteiger partial charge in [-0.1, -0.05) is 6.07 Å². The molecule has 4 rings (SSSR count). The van der Waals surface area contributed by atoms with Gasteiger partial charge in [0.2, 0.25) is 10.0 Å². The number of sulfonamides is 1. The van der Waals surface area contributed by atoms with Gasteiger partial charge in [0.15, 0.2) is 0 Å². The van der Waals surface area contributed by atoms with E-state index in [1.807, 2.05) is 12.1 Å². The monoisotopic (exact) mass is 401 g/mol. The van der Waals surface area contributed by atoms with Gasteiger partial charge >= 0.3 is 0 Å². The van der Waals surface area contributed by atoms with Crippen molar-refractivity contribution in [2.24, 2.45) is 0 Å². The zero-order valence-electron chi connectivity index (χ0n) is 14.6. The molecule has 0 unspecified atom stereocenters. The fourth-order valence-corrected chi connectivity index (χ4v) is 5.40. The SMILES string of the molecule is Cl.O=S(=O)(c1ccc2ccn(C3CCNCC3)c2c1)N1CCC(F)CC1. The molecular formula is C18H25ClFN3O2S. The van der Waals surface area contributed by atoms with Crippen molar-refractivity contribution in [3.05, 3.63) is 30.5 Å². The van der Waals surface area contributed by atoms with Gasteiger partial charge in [-0.2, -0.15) is 4.31 Å². The first-order valence-corrected chi connectivity index (χ1v) is 10.5. The number of hydrogen-bond donors (Lipinski definition) is 1. The molecule has 0 saturated carbocycles. The summed E-state index contributed by atoms with van der Waals surface area (Å²) in [4.78, 5) is 0.311. The van der Waals surface area contributed by atoms with E-state index in [4.69, 9.17) is 0 Å². The number of hydrogen-bond acceptors (Lipinski definition) is 3. The van der Waals surface area contributed by atoms with Crippen molar-refractivity contribution in [2.75, 3.05) is 26.2 Å². The molecule has 0 amide bonds. The van der Waals surface area contributed by atoms with Crippen LogP contribution in [0.4, 0.5) is 4.39 Å². The average Bonchev–Trinajstić information content (AvgIpc) is 3.06. The first kappa shape index (κ1) is 19.6. The normalized spacial score (nSPS) is 21.0. The van der Waals surface area contributed by atoms with E-state index in [2.05, 4.69) is 16.1 Å². The molecule has 3 heterocycles. The third-order valence-corrected chi connectivity index (χ3v) is 7.31. The van der Waals surface area contributed by atoms with Crippen LogP contribution in [0.25, 0.3) is 10.9 Å². The Hall–Kier alpha value is -1.15. The quantitative estimate of drug-likeness (QED) is 0.859. The van der Waals surface area contributed by atoms with Crippen LogP contribution in [0.3, 0.4) is 0 Å². The van der Waals surface area contributed by atoms with Gasteiger partial charge in [0.1, 0.15) is 6.17 Å². The number of piperidine rings is 2. The lowest BCUT2D eigenvalue weighted by Gasteiger charge is -2.28. The third kappa shape index (κ3) is 3.63. The maximum absolute atomic E-state index is 13.3. The van der Waals surface area contributed by atoms with Gasteiger partial charge in [0.25, 0.3) is 0 Å². The summed E-state index contributed by atoms with van der Waals surface area (Å²) in [5, 5.41) is 4.42. The molecule has 2 aliphatic rings. The largest absolute Gasteiger partial charge is 0.344 e. The van der Waals surface area contributed by atoms with Crippen molar-refractivity contribution < 1.29 is 12.8 Å².